The second-order valence-electron chi connectivity index (χ2n) is 8.15. The molecule has 0 radical (unpaired) electrons. The Labute approximate surface area is 212 Å². The lowest BCUT2D eigenvalue weighted by Crippen LogP contribution is -2.22. The molecule has 1 heterocycles. The summed E-state index contributed by atoms with van der Waals surface area (Å²) in [5.74, 6) is 0. The average Bonchev–Trinajstić information content (AvgIpc) is 2.84. The minimum atomic E-state index is -4.61. The van der Waals surface area contributed by atoms with Crippen LogP contribution in [0.4, 0.5) is 32.0 Å². The summed E-state index contributed by atoms with van der Waals surface area (Å²) >= 11 is 0. The predicted octanol–water partition coefficient (Wildman–Crippen LogP) is 6.05. The highest BCUT2D eigenvalue weighted by atomic mass is 32.2. The zero-order valence-corrected chi connectivity index (χ0v) is 20.1. The lowest BCUT2D eigenvalue weighted by atomic mass is 10.0. The van der Waals surface area contributed by atoms with Crippen LogP contribution < -0.4 is 10.3 Å². The van der Waals surface area contributed by atoms with E-state index < -0.39 is 39.1 Å². The quantitative estimate of drug-likeness (QED) is 0.306. The van der Waals surface area contributed by atoms with Crippen molar-refractivity contribution in [3.05, 3.63) is 106 Å². The molecular formula is C25H17F6N3O3S. The molecular weight excluding hydrogens is 536 g/mol. The Morgan fingerprint density at radius 2 is 1.34 bits per heavy atom. The van der Waals surface area contributed by atoms with Crippen LogP contribution in [0.1, 0.15) is 16.8 Å². The molecule has 4 aromatic rings. The summed E-state index contributed by atoms with van der Waals surface area (Å²) in [5.41, 5.74) is -1.24. The smallest absolute Gasteiger partial charge is 0.280 e. The second-order valence-corrected chi connectivity index (χ2v) is 9.83. The van der Waals surface area contributed by atoms with Gasteiger partial charge >= 0.3 is 12.4 Å². The molecule has 0 atom stereocenters. The van der Waals surface area contributed by atoms with Gasteiger partial charge in [-0.05, 0) is 73.2 Å². The molecule has 0 aliphatic carbocycles. The first-order valence-electron chi connectivity index (χ1n) is 10.7. The summed E-state index contributed by atoms with van der Waals surface area (Å²) in [4.78, 5) is 12.3. The number of halogens is 6. The number of hydrogen-bond donors (Lipinski definition) is 1. The minimum absolute atomic E-state index is 0.0775. The van der Waals surface area contributed by atoms with Crippen LogP contribution >= 0.6 is 0 Å². The minimum Gasteiger partial charge on any atom is -0.280 e. The van der Waals surface area contributed by atoms with Crippen LogP contribution in [0.15, 0.2) is 88.6 Å². The second kappa shape index (κ2) is 9.63. The van der Waals surface area contributed by atoms with E-state index in [-0.39, 0.29) is 16.3 Å². The van der Waals surface area contributed by atoms with Crippen LogP contribution in [0.2, 0.25) is 0 Å². The first kappa shape index (κ1) is 26.9. The van der Waals surface area contributed by atoms with E-state index in [0.29, 0.717) is 29.0 Å². The number of aryl methyl sites for hydroxylation is 1. The molecule has 0 aliphatic heterocycles. The van der Waals surface area contributed by atoms with Gasteiger partial charge < -0.3 is 0 Å². The van der Waals surface area contributed by atoms with Gasteiger partial charge in [0.05, 0.1) is 27.4 Å². The van der Waals surface area contributed by atoms with Crippen molar-refractivity contribution in [2.75, 3.05) is 4.72 Å². The largest absolute Gasteiger partial charge is 0.416 e. The average molecular weight is 553 g/mol. The normalized spacial score (nSPS) is 12.4. The molecule has 0 fully saturated rings. The summed E-state index contributed by atoms with van der Waals surface area (Å²) in [5, 5.41) is 4.18. The molecule has 38 heavy (non-hydrogen) atoms. The SMILES string of the molecule is Cc1nn(-c2ccc(C(F)(F)F)cc2)c(=O)cc1-c1cccc(NS(=O)(=O)c2ccc(C(F)(F)F)cc2)c1. The summed E-state index contributed by atoms with van der Waals surface area (Å²) in [7, 11) is -4.23. The van der Waals surface area contributed by atoms with E-state index in [0.717, 1.165) is 41.1 Å². The zero-order valence-electron chi connectivity index (χ0n) is 19.3. The molecule has 4 rings (SSSR count). The molecule has 0 aliphatic rings. The van der Waals surface area contributed by atoms with E-state index in [2.05, 4.69) is 9.82 Å². The van der Waals surface area contributed by atoms with Crippen LogP contribution in [0.5, 0.6) is 0 Å². The first-order valence-corrected chi connectivity index (χ1v) is 12.2. The van der Waals surface area contributed by atoms with Crippen molar-refractivity contribution in [1.82, 2.24) is 9.78 Å². The van der Waals surface area contributed by atoms with Gasteiger partial charge in [0.25, 0.3) is 15.6 Å². The van der Waals surface area contributed by atoms with Crippen molar-refractivity contribution in [1.29, 1.82) is 0 Å². The van der Waals surface area contributed by atoms with Gasteiger partial charge in [0, 0.05) is 17.3 Å². The van der Waals surface area contributed by atoms with Crippen molar-refractivity contribution in [2.45, 2.75) is 24.2 Å². The molecule has 1 aromatic heterocycles. The fourth-order valence-corrected chi connectivity index (χ4v) is 4.65. The van der Waals surface area contributed by atoms with Crippen molar-refractivity contribution < 1.29 is 34.8 Å². The lowest BCUT2D eigenvalue weighted by molar-refractivity contribution is -0.138. The maximum absolute atomic E-state index is 12.8. The molecule has 0 saturated heterocycles. The molecule has 3 aromatic carbocycles. The van der Waals surface area contributed by atoms with Crippen LogP contribution in [-0.4, -0.2) is 18.2 Å². The lowest BCUT2D eigenvalue weighted by Gasteiger charge is -2.13. The summed E-state index contributed by atoms with van der Waals surface area (Å²) < 4.78 is 105. The predicted molar refractivity (Wildman–Crippen MR) is 127 cm³/mol. The van der Waals surface area contributed by atoms with Crippen LogP contribution in [0.25, 0.3) is 16.8 Å². The number of alkyl halides is 6. The molecule has 6 nitrogen and oxygen atoms in total. The molecule has 0 saturated carbocycles. The molecule has 0 unspecified atom stereocenters. The molecule has 0 amide bonds. The highest BCUT2D eigenvalue weighted by Gasteiger charge is 2.31. The zero-order chi connectivity index (χ0) is 27.9. The van der Waals surface area contributed by atoms with E-state index >= 15 is 0 Å². The number of anilines is 1. The Balaban J connectivity index is 1.62. The highest BCUT2D eigenvalue weighted by Crippen LogP contribution is 2.31. The topological polar surface area (TPSA) is 81.1 Å². The van der Waals surface area contributed by atoms with Gasteiger partial charge in [0.1, 0.15) is 0 Å². The van der Waals surface area contributed by atoms with Crippen molar-refractivity contribution in [3.8, 4) is 16.8 Å². The maximum atomic E-state index is 12.8. The van der Waals surface area contributed by atoms with E-state index in [1.54, 1.807) is 13.0 Å². The number of sulfonamides is 1. The molecule has 198 valence electrons. The number of nitrogens with zero attached hydrogens (tertiary/aromatic N) is 2. The number of hydrogen-bond acceptors (Lipinski definition) is 4. The van der Waals surface area contributed by atoms with Crippen LogP contribution in [-0.2, 0) is 22.4 Å². The third kappa shape index (κ3) is 5.72. The van der Waals surface area contributed by atoms with Gasteiger partial charge in [-0.1, -0.05) is 12.1 Å². The molecule has 1 N–H and O–H groups in total. The number of nitrogens with one attached hydrogen (secondary N) is 1. The van der Waals surface area contributed by atoms with Crippen LogP contribution in [0.3, 0.4) is 0 Å². The highest BCUT2D eigenvalue weighted by molar-refractivity contribution is 7.92. The Bertz CT molecular complexity index is 1640. The molecule has 0 spiro atoms. The van der Waals surface area contributed by atoms with Gasteiger partial charge in [0.15, 0.2) is 0 Å². The Hall–Kier alpha value is -4.13. The van der Waals surface area contributed by atoms with Gasteiger partial charge in [-0.25, -0.2) is 8.42 Å². The molecule has 13 heteroatoms. The van der Waals surface area contributed by atoms with E-state index in [1.165, 1.54) is 24.3 Å². The third-order valence-corrected chi connectivity index (χ3v) is 6.87. The Kier molecular flexibility index (Phi) is 6.82. The Morgan fingerprint density at radius 1 is 0.789 bits per heavy atom. The van der Waals surface area contributed by atoms with Crippen molar-refractivity contribution in [2.24, 2.45) is 0 Å². The van der Waals surface area contributed by atoms with Gasteiger partial charge in [-0.15, -0.1) is 0 Å². The summed E-state index contributed by atoms with van der Waals surface area (Å²) in [6.45, 7) is 1.56. The van der Waals surface area contributed by atoms with Crippen molar-refractivity contribution >= 4 is 15.7 Å². The van der Waals surface area contributed by atoms with Gasteiger partial charge in [-0.3, -0.25) is 9.52 Å². The molecule has 0 bridgehead atoms. The summed E-state index contributed by atoms with van der Waals surface area (Å²) in [6, 6.07) is 14.0. The van der Waals surface area contributed by atoms with E-state index in [9.17, 15) is 39.6 Å². The summed E-state index contributed by atoms with van der Waals surface area (Å²) in [6.07, 6.45) is -9.15. The maximum Gasteiger partial charge on any atom is 0.416 e. The number of aromatic nitrogens is 2. The third-order valence-electron chi connectivity index (χ3n) is 5.47. The van der Waals surface area contributed by atoms with Crippen molar-refractivity contribution in [3.63, 3.8) is 0 Å². The van der Waals surface area contributed by atoms with Crippen LogP contribution in [0, 0.1) is 6.92 Å². The number of benzene rings is 3. The monoisotopic (exact) mass is 553 g/mol. The van der Waals surface area contributed by atoms with Gasteiger partial charge in [-0.2, -0.15) is 36.1 Å². The van der Waals surface area contributed by atoms with Gasteiger partial charge in [0.2, 0.25) is 0 Å². The van der Waals surface area contributed by atoms with E-state index in [1.807, 2.05) is 0 Å². The Morgan fingerprint density at radius 3 is 1.89 bits per heavy atom. The first-order chi connectivity index (χ1) is 17.6. The fourth-order valence-electron chi connectivity index (χ4n) is 3.60. The number of rotatable bonds is 5. The fraction of sp³-hybridized carbons (Fsp3) is 0.120. The standard InChI is InChI=1S/C25H17F6N3O3S/c1-15-22(14-23(35)34(32-15)20-9-5-17(6-10-20)24(26,27)28)16-3-2-4-19(13-16)33-38(36,37)21-11-7-18(8-12-21)25(29,30)31/h2-14,33H,1H3. The van der Waals surface area contributed by atoms with E-state index in [4.69, 9.17) is 0 Å².